The maximum atomic E-state index is 13.2. The number of rotatable bonds is 5. The van der Waals surface area contributed by atoms with Crippen LogP contribution in [0.2, 0.25) is 5.02 Å². The van der Waals surface area contributed by atoms with Crippen molar-refractivity contribution in [3.63, 3.8) is 0 Å². The van der Waals surface area contributed by atoms with Gasteiger partial charge in [0.15, 0.2) is 6.04 Å². The van der Waals surface area contributed by atoms with E-state index in [1.165, 1.54) is 29.8 Å². The number of amides is 2. The highest BCUT2D eigenvalue weighted by molar-refractivity contribution is 6.30. The number of hydrogen-bond acceptors (Lipinski definition) is 2. The molecule has 0 aliphatic carbocycles. The van der Waals surface area contributed by atoms with E-state index in [1.54, 1.807) is 16.8 Å². The average Bonchev–Trinajstić information content (AvgIpc) is 3.09. The molecule has 0 radical (unpaired) electrons. The van der Waals surface area contributed by atoms with E-state index < -0.39 is 23.8 Å². The SMILES string of the molecule is CC(C)c1ccc(/C=[N+]2\NC(=O)[C@@H](NC(=O)c3ccc(F)cc3)[C@@H]2c2ccc(Cl)cc2)cc1. The molecule has 1 aliphatic rings. The van der Waals surface area contributed by atoms with Gasteiger partial charge >= 0.3 is 5.91 Å². The van der Waals surface area contributed by atoms with Crippen molar-refractivity contribution in [2.75, 3.05) is 0 Å². The van der Waals surface area contributed by atoms with Crippen LogP contribution in [0.15, 0.2) is 72.8 Å². The summed E-state index contributed by atoms with van der Waals surface area (Å²) in [5, 5.41) is 3.37. The molecule has 2 N–H and O–H groups in total. The molecule has 168 valence electrons. The number of hydrazone groups is 1. The molecule has 2 atom stereocenters. The molecule has 0 aromatic heterocycles. The summed E-state index contributed by atoms with van der Waals surface area (Å²) < 4.78 is 14.9. The Hall–Kier alpha value is -3.51. The van der Waals surface area contributed by atoms with Crippen LogP contribution >= 0.6 is 11.6 Å². The number of nitrogens with zero attached hydrogens (tertiary/aromatic N) is 1. The number of carbonyl (C=O) groups is 2. The van der Waals surface area contributed by atoms with Crippen LogP contribution in [-0.2, 0) is 4.79 Å². The number of nitrogens with one attached hydrogen (secondary N) is 2. The first-order chi connectivity index (χ1) is 15.8. The molecule has 7 heteroatoms. The molecule has 3 aromatic carbocycles. The lowest BCUT2D eigenvalue weighted by atomic mass is 9.99. The monoisotopic (exact) mass is 464 g/mol. The standard InChI is InChI=1S/C26H23ClFN3O2/c1-16(2)18-5-3-17(4-6-18)15-31-24(19-7-11-21(27)12-8-19)23(26(33)30-31)29-25(32)20-9-13-22(28)14-10-20/h3-16,23-24H,1-2H3,(H-,29,30,32,33)/p+1/b31-15-/t23-,24-/m0/s1. The van der Waals surface area contributed by atoms with Crippen molar-refractivity contribution in [1.29, 1.82) is 0 Å². The van der Waals surface area contributed by atoms with Crippen molar-refractivity contribution in [2.45, 2.75) is 31.8 Å². The Bertz CT molecular complexity index is 1190. The van der Waals surface area contributed by atoms with E-state index in [1.807, 2.05) is 30.5 Å². The smallest absolute Gasteiger partial charge is 0.304 e. The normalized spacial score (nSPS) is 19.1. The number of hydrogen-bond donors (Lipinski definition) is 2. The fourth-order valence-electron chi connectivity index (χ4n) is 3.79. The highest BCUT2D eigenvalue weighted by Crippen LogP contribution is 2.27. The van der Waals surface area contributed by atoms with Gasteiger partial charge < -0.3 is 5.32 Å². The van der Waals surface area contributed by atoms with E-state index in [0.717, 1.165) is 11.1 Å². The van der Waals surface area contributed by atoms with Gasteiger partial charge in [0.05, 0.1) is 0 Å². The maximum Gasteiger partial charge on any atom is 0.304 e. The van der Waals surface area contributed by atoms with Crippen molar-refractivity contribution in [1.82, 2.24) is 10.7 Å². The first-order valence-electron chi connectivity index (χ1n) is 10.7. The minimum Gasteiger partial charge on any atom is -0.334 e. The fraction of sp³-hybridized carbons (Fsp3) is 0.192. The quantitative estimate of drug-likeness (QED) is 0.541. The summed E-state index contributed by atoms with van der Waals surface area (Å²) in [5.41, 5.74) is 6.05. The number of halogens is 2. The Morgan fingerprint density at radius 1 is 1.03 bits per heavy atom. The molecule has 0 spiro atoms. The third kappa shape index (κ3) is 5.12. The molecule has 33 heavy (non-hydrogen) atoms. The Labute approximate surface area is 196 Å². The highest BCUT2D eigenvalue weighted by Gasteiger charge is 2.47. The summed E-state index contributed by atoms with van der Waals surface area (Å²) in [4.78, 5) is 25.7. The third-order valence-electron chi connectivity index (χ3n) is 5.63. The summed E-state index contributed by atoms with van der Waals surface area (Å²) in [5.74, 6) is -0.829. The second kappa shape index (κ2) is 9.55. The summed E-state index contributed by atoms with van der Waals surface area (Å²) in [6.45, 7) is 4.26. The molecular formula is C26H24ClFN3O2+. The average molecular weight is 465 g/mol. The molecule has 3 aromatic rings. The van der Waals surface area contributed by atoms with Gasteiger partial charge in [0.2, 0.25) is 12.3 Å². The molecule has 0 unspecified atom stereocenters. The number of benzene rings is 3. The van der Waals surface area contributed by atoms with Crippen LogP contribution in [0.1, 0.15) is 52.9 Å². The van der Waals surface area contributed by atoms with Gasteiger partial charge in [0.1, 0.15) is 5.82 Å². The van der Waals surface area contributed by atoms with Crippen LogP contribution in [0.3, 0.4) is 0 Å². The number of carbonyl (C=O) groups excluding carboxylic acids is 2. The molecule has 1 aliphatic heterocycles. The Morgan fingerprint density at radius 2 is 1.67 bits per heavy atom. The van der Waals surface area contributed by atoms with Crippen LogP contribution in [0.25, 0.3) is 0 Å². The van der Waals surface area contributed by atoms with Crippen LogP contribution in [-0.4, -0.2) is 28.8 Å². The lowest BCUT2D eigenvalue weighted by Crippen LogP contribution is -2.42. The van der Waals surface area contributed by atoms with Crippen molar-refractivity contribution < 1.29 is 18.7 Å². The van der Waals surface area contributed by atoms with E-state index >= 15 is 0 Å². The molecule has 4 rings (SSSR count). The van der Waals surface area contributed by atoms with E-state index in [0.29, 0.717) is 10.9 Å². The van der Waals surface area contributed by atoms with Gasteiger partial charge in [-0.05, 0) is 60.0 Å². The largest absolute Gasteiger partial charge is 0.334 e. The first-order valence-corrected chi connectivity index (χ1v) is 11.0. The zero-order valence-electron chi connectivity index (χ0n) is 18.3. The summed E-state index contributed by atoms with van der Waals surface area (Å²) in [6.07, 6.45) is 1.84. The van der Waals surface area contributed by atoms with Crippen LogP contribution in [0, 0.1) is 5.82 Å². The molecule has 1 saturated heterocycles. The summed E-state index contributed by atoms with van der Waals surface area (Å²) in [6, 6.07) is 19.0. The van der Waals surface area contributed by atoms with Gasteiger partial charge in [-0.2, -0.15) is 0 Å². The molecule has 1 heterocycles. The van der Waals surface area contributed by atoms with Gasteiger partial charge in [-0.3, -0.25) is 9.59 Å². The van der Waals surface area contributed by atoms with Crippen molar-refractivity contribution in [2.24, 2.45) is 0 Å². The van der Waals surface area contributed by atoms with Crippen molar-refractivity contribution in [3.05, 3.63) is 106 Å². The summed E-state index contributed by atoms with van der Waals surface area (Å²) in [7, 11) is 0. The lowest BCUT2D eigenvalue weighted by Gasteiger charge is -2.15. The van der Waals surface area contributed by atoms with E-state index in [-0.39, 0.29) is 11.5 Å². The van der Waals surface area contributed by atoms with Gasteiger partial charge in [-0.15, -0.1) is 10.1 Å². The van der Waals surface area contributed by atoms with Gasteiger partial charge in [-0.1, -0.05) is 49.7 Å². The second-order valence-electron chi connectivity index (χ2n) is 8.29. The van der Waals surface area contributed by atoms with Crippen molar-refractivity contribution in [3.8, 4) is 0 Å². The van der Waals surface area contributed by atoms with Gasteiger partial charge in [0.25, 0.3) is 5.91 Å². The van der Waals surface area contributed by atoms with E-state index in [9.17, 15) is 14.0 Å². The molecule has 2 amide bonds. The third-order valence-corrected chi connectivity index (χ3v) is 5.88. The Balaban J connectivity index is 1.68. The molecule has 0 bridgehead atoms. The maximum absolute atomic E-state index is 13.2. The zero-order valence-corrected chi connectivity index (χ0v) is 19.0. The highest BCUT2D eigenvalue weighted by atomic mass is 35.5. The summed E-state index contributed by atoms with van der Waals surface area (Å²) >= 11 is 6.06. The van der Waals surface area contributed by atoms with E-state index in [4.69, 9.17) is 11.6 Å². The minimum absolute atomic E-state index is 0.269. The topological polar surface area (TPSA) is 61.2 Å². The fourth-order valence-corrected chi connectivity index (χ4v) is 3.92. The van der Waals surface area contributed by atoms with Gasteiger partial charge in [-0.25, -0.2) is 4.39 Å². The predicted octanol–water partition coefficient (Wildman–Crippen LogP) is 4.62. The van der Waals surface area contributed by atoms with Crippen molar-refractivity contribution >= 4 is 29.6 Å². The zero-order chi connectivity index (χ0) is 23.5. The second-order valence-corrected chi connectivity index (χ2v) is 8.72. The molecular weight excluding hydrogens is 441 g/mol. The van der Waals surface area contributed by atoms with Gasteiger partial charge in [0, 0.05) is 21.7 Å². The molecule has 0 saturated carbocycles. The molecule has 1 fully saturated rings. The molecule has 5 nitrogen and oxygen atoms in total. The lowest BCUT2D eigenvalue weighted by molar-refractivity contribution is -0.596. The Kier molecular flexibility index (Phi) is 6.56. The van der Waals surface area contributed by atoms with Crippen LogP contribution < -0.4 is 10.7 Å². The minimum atomic E-state index is -0.866. The number of hydrazine groups is 1. The van der Waals surface area contributed by atoms with Crippen LogP contribution in [0.4, 0.5) is 4.39 Å². The predicted molar refractivity (Wildman–Crippen MR) is 126 cm³/mol. The Morgan fingerprint density at radius 3 is 2.27 bits per heavy atom. The first kappa shape index (κ1) is 22.7. The van der Waals surface area contributed by atoms with Crippen LogP contribution in [0.5, 0.6) is 0 Å². The van der Waals surface area contributed by atoms with E-state index in [2.05, 4.69) is 36.7 Å².